The lowest BCUT2D eigenvalue weighted by Gasteiger charge is -2.30. The lowest BCUT2D eigenvalue weighted by molar-refractivity contribution is -0.138. The third-order valence-electron chi connectivity index (χ3n) is 6.81. The number of unbranched alkanes of at least 4 members (excludes halogenated alkanes) is 1. The Bertz CT molecular complexity index is 1820. The summed E-state index contributed by atoms with van der Waals surface area (Å²) >= 11 is 12.3. The molecular formula is C31H27Cl2N3O5S. The van der Waals surface area contributed by atoms with Crippen molar-refractivity contribution < 1.29 is 22.8 Å². The monoisotopic (exact) mass is 623 g/mol. The van der Waals surface area contributed by atoms with Crippen LogP contribution in [0.15, 0.2) is 94.3 Å². The minimum Gasteiger partial charge on any atom is -0.480 e. The van der Waals surface area contributed by atoms with Crippen LogP contribution in [0.25, 0.3) is 22.2 Å². The first-order valence-corrected chi connectivity index (χ1v) is 15.5. The largest absolute Gasteiger partial charge is 0.480 e. The Hall–Kier alpha value is -3.92. The Kier molecular flexibility index (Phi) is 8.82. The van der Waals surface area contributed by atoms with Gasteiger partial charge in [-0.15, -0.1) is 0 Å². The maximum atomic E-state index is 14.0. The molecule has 1 heterocycles. The van der Waals surface area contributed by atoms with Crippen LogP contribution in [0.3, 0.4) is 0 Å². The number of rotatable bonds is 11. The summed E-state index contributed by atoms with van der Waals surface area (Å²) in [5, 5.41) is 16.0. The van der Waals surface area contributed by atoms with Gasteiger partial charge in [-0.2, -0.15) is 4.98 Å². The van der Waals surface area contributed by atoms with Crippen molar-refractivity contribution in [2.24, 2.45) is 0 Å². The highest BCUT2D eigenvalue weighted by Gasteiger charge is 2.36. The standard InChI is InChI=1S/C31H27Cl2N3O5S/c1-2-3-12-28(31(37)38)36(42(39,40)25-18-22(32)17-23(33)19-25)24-13-14-26-21(16-24)10-7-11-27(26)30-34-29(35-41-30)15-20-8-5-4-6-9-20/h4-11,13-14,16-19,28H,2-3,12,15H2,1H3,(H,37,38). The highest BCUT2D eigenvalue weighted by Crippen LogP contribution is 2.35. The van der Waals surface area contributed by atoms with Gasteiger partial charge in [-0.05, 0) is 59.2 Å². The van der Waals surface area contributed by atoms with E-state index in [-0.39, 0.29) is 27.0 Å². The van der Waals surface area contributed by atoms with Crippen molar-refractivity contribution in [2.45, 2.75) is 43.5 Å². The molecule has 5 rings (SSSR count). The van der Waals surface area contributed by atoms with E-state index in [9.17, 15) is 18.3 Å². The first-order chi connectivity index (χ1) is 20.2. The van der Waals surface area contributed by atoms with Crippen molar-refractivity contribution in [3.63, 3.8) is 0 Å². The van der Waals surface area contributed by atoms with E-state index in [0.29, 0.717) is 41.9 Å². The van der Waals surface area contributed by atoms with Crippen LogP contribution >= 0.6 is 23.2 Å². The van der Waals surface area contributed by atoms with Crippen LogP contribution in [-0.4, -0.2) is 35.7 Å². The smallest absolute Gasteiger partial charge is 0.327 e. The molecule has 0 fully saturated rings. The average Bonchev–Trinajstić information content (AvgIpc) is 3.42. The van der Waals surface area contributed by atoms with Crippen LogP contribution in [0.4, 0.5) is 5.69 Å². The molecule has 1 N–H and O–H groups in total. The summed E-state index contributed by atoms with van der Waals surface area (Å²) in [6.07, 6.45) is 1.83. The molecule has 1 unspecified atom stereocenters. The summed E-state index contributed by atoms with van der Waals surface area (Å²) in [5.41, 5.74) is 1.91. The van der Waals surface area contributed by atoms with Crippen LogP contribution in [-0.2, 0) is 21.2 Å². The van der Waals surface area contributed by atoms with Gasteiger partial charge < -0.3 is 9.63 Å². The van der Waals surface area contributed by atoms with Gasteiger partial charge >= 0.3 is 5.97 Å². The molecule has 0 bridgehead atoms. The maximum Gasteiger partial charge on any atom is 0.327 e. The number of anilines is 1. The number of halogens is 2. The molecule has 216 valence electrons. The summed E-state index contributed by atoms with van der Waals surface area (Å²) in [6.45, 7) is 1.91. The zero-order valence-corrected chi connectivity index (χ0v) is 24.9. The predicted octanol–water partition coefficient (Wildman–Crippen LogP) is 7.63. The van der Waals surface area contributed by atoms with Crippen molar-refractivity contribution in [3.8, 4) is 11.5 Å². The normalized spacial score (nSPS) is 12.4. The number of benzene rings is 4. The molecule has 0 radical (unpaired) electrons. The van der Waals surface area contributed by atoms with Crippen molar-refractivity contribution in [2.75, 3.05) is 4.31 Å². The van der Waals surface area contributed by atoms with Gasteiger partial charge in [-0.1, -0.05) is 96.7 Å². The van der Waals surface area contributed by atoms with Crippen LogP contribution in [0.1, 0.15) is 37.6 Å². The van der Waals surface area contributed by atoms with E-state index in [1.165, 1.54) is 18.2 Å². The summed E-state index contributed by atoms with van der Waals surface area (Å²) < 4.78 is 34.6. The third kappa shape index (κ3) is 6.28. The number of aliphatic carboxylic acids is 1. The van der Waals surface area contributed by atoms with Gasteiger partial charge in [0, 0.05) is 22.0 Å². The molecule has 4 aromatic carbocycles. The molecule has 8 nitrogen and oxygen atoms in total. The Morgan fingerprint density at radius 3 is 2.40 bits per heavy atom. The molecule has 11 heteroatoms. The molecule has 0 aliphatic heterocycles. The summed E-state index contributed by atoms with van der Waals surface area (Å²) in [5.74, 6) is -0.406. The fraction of sp³-hybridized carbons (Fsp3) is 0.194. The van der Waals surface area contributed by atoms with E-state index < -0.39 is 22.0 Å². The third-order valence-corrected chi connectivity index (χ3v) is 9.07. The lowest BCUT2D eigenvalue weighted by Crippen LogP contribution is -2.45. The number of nitrogens with zero attached hydrogens (tertiary/aromatic N) is 3. The molecular weight excluding hydrogens is 597 g/mol. The minimum atomic E-state index is -4.39. The number of fused-ring (bicyclic) bond motifs is 1. The molecule has 0 spiro atoms. The van der Waals surface area contributed by atoms with Gasteiger partial charge in [-0.3, -0.25) is 4.31 Å². The Morgan fingerprint density at radius 1 is 0.976 bits per heavy atom. The first kappa shape index (κ1) is 29.6. The molecule has 42 heavy (non-hydrogen) atoms. The summed E-state index contributed by atoms with van der Waals surface area (Å²) in [7, 11) is -4.39. The second-order valence-corrected chi connectivity index (χ2v) is 12.5. The number of carboxylic acid groups (broad SMARTS) is 1. The molecule has 5 aromatic rings. The Labute approximate surface area is 253 Å². The predicted molar refractivity (Wildman–Crippen MR) is 164 cm³/mol. The second kappa shape index (κ2) is 12.5. The molecule has 0 aliphatic rings. The van der Waals surface area contributed by atoms with Crippen molar-refractivity contribution in [3.05, 3.63) is 106 Å². The zero-order valence-electron chi connectivity index (χ0n) is 22.6. The van der Waals surface area contributed by atoms with Gasteiger partial charge in [-0.25, -0.2) is 13.2 Å². The Morgan fingerprint density at radius 2 is 1.71 bits per heavy atom. The molecule has 1 aromatic heterocycles. The van der Waals surface area contributed by atoms with Crippen molar-refractivity contribution >= 4 is 55.7 Å². The molecule has 1 atom stereocenters. The number of carbonyl (C=O) groups is 1. The second-order valence-electron chi connectivity index (χ2n) is 9.79. The van der Waals surface area contributed by atoms with E-state index in [4.69, 9.17) is 27.7 Å². The SMILES string of the molecule is CCCCC(C(=O)O)N(c1ccc2c(-c3nc(Cc4ccccc4)no3)cccc2c1)S(=O)(=O)c1cc(Cl)cc(Cl)c1. The number of carboxylic acids is 1. The van der Waals surface area contributed by atoms with E-state index in [2.05, 4.69) is 10.1 Å². The van der Waals surface area contributed by atoms with Crippen molar-refractivity contribution in [1.29, 1.82) is 0 Å². The first-order valence-electron chi connectivity index (χ1n) is 13.3. The van der Waals surface area contributed by atoms with Crippen molar-refractivity contribution in [1.82, 2.24) is 10.1 Å². The average molecular weight is 625 g/mol. The van der Waals surface area contributed by atoms with Crippen LogP contribution in [0.2, 0.25) is 10.0 Å². The van der Waals surface area contributed by atoms with Crippen LogP contribution in [0.5, 0.6) is 0 Å². The molecule has 0 aliphatic carbocycles. The number of hydrogen-bond donors (Lipinski definition) is 1. The van der Waals surface area contributed by atoms with E-state index in [1.54, 1.807) is 24.3 Å². The summed E-state index contributed by atoms with van der Waals surface area (Å²) in [6, 6.07) is 22.8. The van der Waals surface area contributed by atoms with Crippen LogP contribution in [0, 0.1) is 0 Å². The quantitative estimate of drug-likeness (QED) is 0.161. The highest BCUT2D eigenvalue weighted by atomic mass is 35.5. The van der Waals surface area contributed by atoms with E-state index in [1.807, 2.05) is 49.4 Å². The molecule has 0 saturated heterocycles. The summed E-state index contributed by atoms with van der Waals surface area (Å²) in [4.78, 5) is 16.9. The van der Waals surface area contributed by atoms with Gasteiger partial charge in [0.2, 0.25) is 0 Å². The maximum absolute atomic E-state index is 14.0. The fourth-order valence-corrected chi connectivity index (χ4v) is 7.18. The topological polar surface area (TPSA) is 114 Å². The van der Waals surface area contributed by atoms with Gasteiger partial charge in [0.15, 0.2) is 5.82 Å². The molecule has 0 saturated carbocycles. The van der Waals surface area contributed by atoms with Gasteiger partial charge in [0.1, 0.15) is 6.04 Å². The fourth-order valence-electron chi connectivity index (χ4n) is 4.82. The zero-order chi connectivity index (χ0) is 29.9. The Balaban J connectivity index is 1.59. The molecule has 0 amide bonds. The lowest BCUT2D eigenvalue weighted by atomic mass is 10.0. The van der Waals surface area contributed by atoms with Gasteiger partial charge in [0.05, 0.1) is 10.6 Å². The number of sulfonamides is 1. The van der Waals surface area contributed by atoms with E-state index in [0.717, 1.165) is 15.3 Å². The van der Waals surface area contributed by atoms with Gasteiger partial charge in [0.25, 0.3) is 15.9 Å². The number of aromatic nitrogens is 2. The minimum absolute atomic E-state index is 0.115. The number of hydrogen-bond acceptors (Lipinski definition) is 6. The highest BCUT2D eigenvalue weighted by molar-refractivity contribution is 7.93. The van der Waals surface area contributed by atoms with Crippen LogP contribution < -0.4 is 4.31 Å². The van der Waals surface area contributed by atoms with E-state index >= 15 is 0 Å².